The number of halogens is 1. The summed E-state index contributed by atoms with van der Waals surface area (Å²) in [5.41, 5.74) is 2.70. The molecule has 1 aromatic carbocycles. The van der Waals surface area contributed by atoms with Crippen LogP contribution >= 0.6 is 11.6 Å². The zero-order chi connectivity index (χ0) is 8.97. The van der Waals surface area contributed by atoms with Crippen LogP contribution in [0.1, 0.15) is 19.4 Å². The Morgan fingerprint density at radius 1 is 1.33 bits per heavy atom. The Bertz CT molecular complexity index is 270. The number of hydrogen-bond donors (Lipinski definition) is 0. The van der Waals surface area contributed by atoms with Gasteiger partial charge in [0.2, 0.25) is 0 Å². The summed E-state index contributed by atoms with van der Waals surface area (Å²) in [5.74, 6) is 0. The monoisotopic (exact) mass is 180 g/mol. The van der Waals surface area contributed by atoms with Crippen molar-refractivity contribution in [2.45, 2.75) is 20.3 Å². The zero-order valence-corrected chi connectivity index (χ0v) is 8.23. The molecular formula is C11H13Cl. The summed E-state index contributed by atoms with van der Waals surface area (Å²) in [5, 5.41) is 0.803. The van der Waals surface area contributed by atoms with Crippen molar-refractivity contribution in [1.82, 2.24) is 0 Å². The van der Waals surface area contributed by atoms with E-state index in [9.17, 15) is 0 Å². The second-order valence-electron chi connectivity index (χ2n) is 2.94. The Morgan fingerprint density at radius 2 is 1.92 bits per heavy atom. The quantitative estimate of drug-likeness (QED) is 0.607. The van der Waals surface area contributed by atoms with Crippen LogP contribution in [-0.4, -0.2) is 0 Å². The van der Waals surface area contributed by atoms with Crippen molar-refractivity contribution < 1.29 is 0 Å². The zero-order valence-electron chi connectivity index (χ0n) is 7.47. The van der Waals surface area contributed by atoms with Crippen LogP contribution in [0.25, 0.3) is 0 Å². The smallest absolute Gasteiger partial charge is 0.0406 e. The van der Waals surface area contributed by atoms with E-state index in [1.165, 1.54) is 11.1 Å². The van der Waals surface area contributed by atoms with Gasteiger partial charge >= 0.3 is 0 Å². The topological polar surface area (TPSA) is 0 Å². The molecule has 0 saturated carbocycles. The highest BCUT2D eigenvalue weighted by Gasteiger charge is 1.93. The van der Waals surface area contributed by atoms with Gasteiger partial charge in [0.25, 0.3) is 0 Å². The van der Waals surface area contributed by atoms with E-state index in [0.29, 0.717) is 0 Å². The van der Waals surface area contributed by atoms with E-state index >= 15 is 0 Å². The van der Waals surface area contributed by atoms with Gasteiger partial charge in [0, 0.05) is 5.02 Å². The van der Waals surface area contributed by atoms with Gasteiger partial charge < -0.3 is 0 Å². The van der Waals surface area contributed by atoms with Crippen molar-refractivity contribution >= 4 is 11.6 Å². The van der Waals surface area contributed by atoms with Crippen LogP contribution < -0.4 is 0 Å². The molecule has 0 fully saturated rings. The first-order chi connectivity index (χ1) is 5.72. The van der Waals surface area contributed by atoms with E-state index in [1.54, 1.807) is 0 Å². The van der Waals surface area contributed by atoms with Gasteiger partial charge in [-0.1, -0.05) is 35.4 Å². The highest BCUT2D eigenvalue weighted by molar-refractivity contribution is 6.30. The molecule has 0 unspecified atom stereocenters. The molecule has 0 amide bonds. The van der Waals surface area contributed by atoms with Gasteiger partial charge in [0.1, 0.15) is 0 Å². The minimum atomic E-state index is 0.803. The fraction of sp³-hybridized carbons (Fsp3) is 0.273. The molecule has 0 bridgehead atoms. The van der Waals surface area contributed by atoms with Crippen molar-refractivity contribution in [2.75, 3.05) is 0 Å². The lowest BCUT2D eigenvalue weighted by Gasteiger charge is -2.00. The summed E-state index contributed by atoms with van der Waals surface area (Å²) >= 11 is 5.77. The predicted molar refractivity (Wildman–Crippen MR) is 54.6 cm³/mol. The third-order valence-electron chi connectivity index (χ3n) is 1.89. The molecule has 0 radical (unpaired) electrons. The number of allylic oxidation sites excluding steroid dienone is 2. The Morgan fingerprint density at radius 3 is 2.42 bits per heavy atom. The molecular weight excluding hydrogens is 168 g/mol. The Kier molecular flexibility index (Phi) is 3.36. The van der Waals surface area contributed by atoms with Crippen molar-refractivity contribution in [3.63, 3.8) is 0 Å². The summed E-state index contributed by atoms with van der Waals surface area (Å²) < 4.78 is 0. The van der Waals surface area contributed by atoms with Crippen LogP contribution in [0.5, 0.6) is 0 Å². The number of rotatable bonds is 2. The maximum atomic E-state index is 5.77. The molecule has 0 N–H and O–H groups in total. The molecule has 0 aromatic heterocycles. The molecule has 12 heavy (non-hydrogen) atoms. The summed E-state index contributed by atoms with van der Waals surface area (Å²) in [6, 6.07) is 7.99. The first kappa shape index (κ1) is 9.34. The van der Waals surface area contributed by atoms with Gasteiger partial charge in [0.05, 0.1) is 0 Å². The lowest BCUT2D eigenvalue weighted by molar-refractivity contribution is 1.13. The van der Waals surface area contributed by atoms with Crippen LogP contribution in [0.15, 0.2) is 35.9 Å². The Balaban J connectivity index is 2.71. The molecule has 0 saturated heterocycles. The molecule has 0 aliphatic carbocycles. The highest BCUT2D eigenvalue weighted by Crippen LogP contribution is 2.12. The van der Waals surface area contributed by atoms with Crippen molar-refractivity contribution in [3.05, 3.63) is 46.5 Å². The molecule has 0 aliphatic rings. The number of benzene rings is 1. The molecule has 64 valence electrons. The molecule has 0 spiro atoms. The minimum absolute atomic E-state index is 0.803. The van der Waals surface area contributed by atoms with Crippen LogP contribution in [0, 0.1) is 0 Å². The van der Waals surface area contributed by atoms with E-state index in [-0.39, 0.29) is 0 Å². The summed E-state index contributed by atoms with van der Waals surface area (Å²) in [6.45, 7) is 4.19. The highest BCUT2D eigenvalue weighted by atomic mass is 35.5. The van der Waals surface area contributed by atoms with Gasteiger partial charge in [0.15, 0.2) is 0 Å². The van der Waals surface area contributed by atoms with Gasteiger partial charge in [-0.15, -0.1) is 0 Å². The van der Waals surface area contributed by atoms with Crippen LogP contribution in [-0.2, 0) is 6.42 Å². The maximum absolute atomic E-state index is 5.77. The third kappa shape index (κ3) is 2.71. The van der Waals surface area contributed by atoms with Crippen molar-refractivity contribution in [3.8, 4) is 0 Å². The van der Waals surface area contributed by atoms with E-state index in [2.05, 4.69) is 32.1 Å². The fourth-order valence-corrected chi connectivity index (χ4v) is 1.15. The molecule has 0 aliphatic heterocycles. The van der Waals surface area contributed by atoms with E-state index in [4.69, 9.17) is 11.6 Å². The molecule has 0 heterocycles. The summed E-state index contributed by atoms with van der Waals surface area (Å²) in [4.78, 5) is 0. The Labute approximate surface area is 78.9 Å². The average molecular weight is 181 g/mol. The van der Waals surface area contributed by atoms with Gasteiger partial charge in [-0.2, -0.15) is 0 Å². The lowest BCUT2D eigenvalue weighted by atomic mass is 10.1. The molecule has 0 atom stereocenters. The lowest BCUT2D eigenvalue weighted by Crippen LogP contribution is -1.85. The summed E-state index contributed by atoms with van der Waals surface area (Å²) in [7, 11) is 0. The molecule has 1 aromatic rings. The third-order valence-corrected chi connectivity index (χ3v) is 2.14. The maximum Gasteiger partial charge on any atom is 0.0406 e. The average Bonchev–Trinajstić information content (AvgIpc) is 2.09. The Hall–Kier alpha value is -0.750. The first-order valence-electron chi connectivity index (χ1n) is 4.08. The van der Waals surface area contributed by atoms with Gasteiger partial charge in [-0.25, -0.2) is 0 Å². The largest absolute Gasteiger partial charge is 0.0884 e. The van der Waals surface area contributed by atoms with E-state index in [1.807, 2.05) is 12.1 Å². The van der Waals surface area contributed by atoms with Crippen molar-refractivity contribution in [2.24, 2.45) is 0 Å². The minimum Gasteiger partial charge on any atom is -0.0884 e. The predicted octanol–water partition coefficient (Wildman–Crippen LogP) is 3.85. The van der Waals surface area contributed by atoms with Crippen LogP contribution in [0.3, 0.4) is 0 Å². The summed E-state index contributed by atoms with van der Waals surface area (Å²) in [6.07, 6.45) is 3.16. The first-order valence-corrected chi connectivity index (χ1v) is 4.46. The van der Waals surface area contributed by atoms with E-state index < -0.39 is 0 Å². The normalized spacial score (nSPS) is 11.8. The second kappa shape index (κ2) is 4.32. The van der Waals surface area contributed by atoms with Crippen molar-refractivity contribution in [1.29, 1.82) is 0 Å². The van der Waals surface area contributed by atoms with Crippen LogP contribution in [0.4, 0.5) is 0 Å². The number of hydrogen-bond acceptors (Lipinski definition) is 0. The molecule has 1 rings (SSSR count). The fourth-order valence-electron chi connectivity index (χ4n) is 1.03. The standard InChI is InChI=1S/C11H13Cl/c1-3-9(2)8-10-4-6-11(12)7-5-10/h3-7H,8H2,1-2H3/b9-3+. The van der Waals surface area contributed by atoms with E-state index in [0.717, 1.165) is 11.4 Å². The van der Waals surface area contributed by atoms with Crippen LogP contribution in [0.2, 0.25) is 5.02 Å². The second-order valence-corrected chi connectivity index (χ2v) is 3.37. The van der Waals surface area contributed by atoms with Gasteiger partial charge in [-0.3, -0.25) is 0 Å². The SMILES string of the molecule is C/C=C(\C)Cc1ccc(Cl)cc1. The van der Waals surface area contributed by atoms with Gasteiger partial charge in [-0.05, 0) is 38.0 Å². The molecule has 0 nitrogen and oxygen atoms in total. The molecule has 1 heteroatoms.